The van der Waals surface area contributed by atoms with Gasteiger partial charge < -0.3 is 10.6 Å². The van der Waals surface area contributed by atoms with E-state index in [9.17, 15) is 18.0 Å². The summed E-state index contributed by atoms with van der Waals surface area (Å²) < 4.78 is 22.6. The summed E-state index contributed by atoms with van der Waals surface area (Å²) in [6.45, 7) is -0.103. The van der Waals surface area contributed by atoms with E-state index in [2.05, 4.69) is 22.8 Å². The molecule has 0 radical (unpaired) electrons. The number of aryl methyl sites for hydroxylation is 1. The third-order valence-electron chi connectivity index (χ3n) is 4.01. The number of hydrogen-bond donors (Lipinski definition) is 2. The molecule has 24 heavy (non-hydrogen) atoms. The van der Waals surface area contributed by atoms with E-state index in [1.54, 1.807) is 0 Å². The summed E-state index contributed by atoms with van der Waals surface area (Å²) in [6.07, 6.45) is 3.46. The lowest BCUT2D eigenvalue weighted by atomic mass is 10.1. The van der Waals surface area contributed by atoms with Crippen LogP contribution in [0.15, 0.2) is 30.3 Å². The lowest BCUT2D eigenvalue weighted by Crippen LogP contribution is -2.42. The van der Waals surface area contributed by atoms with E-state index < -0.39 is 9.84 Å². The molecule has 6 nitrogen and oxygen atoms in total. The highest BCUT2D eigenvalue weighted by Gasteiger charge is 2.28. The highest BCUT2D eigenvalue weighted by molar-refractivity contribution is 7.91. The number of benzene rings is 1. The quantitative estimate of drug-likeness (QED) is 0.678. The third kappa shape index (κ3) is 6.70. The molecule has 0 saturated carbocycles. The van der Waals surface area contributed by atoms with Gasteiger partial charge in [0.15, 0.2) is 9.84 Å². The average molecular weight is 352 g/mol. The normalized spacial score (nSPS) is 18.9. The van der Waals surface area contributed by atoms with Crippen molar-refractivity contribution in [3.05, 3.63) is 35.9 Å². The fourth-order valence-corrected chi connectivity index (χ4v) is 4.39. The number of rotatable bonds is 8. The Balaban J connectivity index is 1.55. The second-order valence-electron chi connectivity index (χ2n) is 6.14. The molecule has 1 aromatic carbocycles. The lowest BCUT2D eigenvalue weighted by molar-refractivity contribution is -0.126. The van der Waals surface area contributed by atoms with Gasteiger partial charge in [0, 0.05) is 12.5 Å². The van der Waals surface area contributed by atoms with Crippen LogP contribution in [0, 0.1) is 0 Å². The number of nitrogens with one attached hydrogen (secondary N) is 2. The standard InChI is InChI=1S/C17H24N2O4S/c20-16(9-5-4-8-14-6-2-1-3-7-14)18-12-17(21)19-15-10-11-24(22,23)13-15/h1-3,6-7,15H,4-5,8-13H2,(H,18,20)(H,19,21). The fourth-order valence-electron chi connectivity index (χ4n) is 2.71. The summed E-state index contributed by atoms with van der Waals surface area (Å²) in [6, 6.07) is 9.77. The van der Waals surface area contributed by atoms with Crippen LogP contribution in [0.4, 0.5) is 0 Å². The molecule has 2 rings (SSSR count). The summed E-state index contributed by atoms with van der Waals surface area (Å²) in [5, 5.41) is 5.22. The van der Waals surface area contributed by atoms with Crippen LogP contribution in [-0.4, -0.2) is 44.3 Å². The molecule has 1 aromatic rings. The zero-order chi connectivity index (χ0) is 17.4. The van der Waals surface area contributed by atoms with Gasteiger partial charge in [0.25, 0.3) is 0 Å². The molecule has 7 heteroatoms. The van der Waals surface area contributed by atoms with Crippen LogP contribution in [0.25, 0.3) is 0 Å². The van der Waals surface area contributed by atoms with Crippen LogP contribution >= 0.6 is 0 Å². The third-order valence-corrected chi connectivity index (χ3v) is 5.77. The summed E-state index contributed by atoms with van der Waals surface area (Å²) >= 11 is 0. The van der Waals surface area contributed by atoms with Crippen molar-refractivity contribution in [1.29, 1.82) is 0 Å². The van der Waals surface area contributed by atoms with Crippen LogP contribution in [-0.2, 0) is 25.8 Å². The zero-order valence-corrected chi connectivity index (χ0v) is 14.5. The largest absolute Gasteiger partial charge is 0.351 e. The number of unbranched alkanes of at least 4 members (excludes halogenated alkanes) is 1. The molecular weight excluding hydrogens is 328 g/mol. The Morgan fingerprint density at radius 3 is 2.50 bits per heavy atom. The molecule has 0 bridgehead atoms. The Labute approximate surface area is 142 Å². The minimum Gasteiger partial charge on any atom is -0.351 e. The van der Waals surface area contributed by atoms with Gasteiger partial charge in [0.2, 0.25) is 11.8 Å². The minimum atomic E-state index is -3.01. The summed E-state index contributed by atoms with van der Waals surface area (Å²) in [7, 11) is -3.01. The van der Waals surface area contributed by atoms with Crippen molar-refractivity contribution in [2.24, 2.45) is 0 Å². The van der Waals surface area contributed by atoms with Crippen molar-refractivity contribution in [1.82, 2.24) is 10.6 Å². The molecule has 132 valence electrons. The van der Waals surface area contributed by atoms with E-state index in [-0.39, 0.29) is 35.9 Å². The summed E-state index contributed by atoms with van der Waals surface area (Å²) in [5.74, 6) is -0.385. The van der Waals surface area contributed by atoms with Gasteiger partial charge in [-0.25, -0.2) is 8.42 Å². The Morgan fingerprint density at radius 2 is 1.83 bits per heavy atom. The fraction of sp³-hybridized carbons (Fsp3) is 0.529. The second kappa shape index (κ2) is 8.82. The Morgan fingerprint density at radius 1 is 1.08 bits per heavy atom. The zero-order valence-electron chi connectivity index (χ0n) is 13.7. The number of carbonyl (C=O) groups is 2. The number of hydrogen-bond acceptors (Lipinski definition) is 4. The van der Waals surface area contributed by atoms with E-state index in [4.69, 9.17) is 0 Å². The molecule has 2 amide bonds. The van der Waals surface area contributed by atoms with Crippen molar-refractivity contribution >= 4 is 21.7 Å². The van der Waals surface area contributed by atoms with Gasteiger partial charge >= 0.3 is 0 Å². The van der Waals surface area contributed by atoms with E-state index in [1.165, 1.54) is 5.56 Å². The van der Waals surface area contributed by atoms with Crippen molar-refractivity contribution in [2.75, 3.05) is 18.1 Å². The van der Waals surface area contributed by atoms with Gasteiger partial charge in [-0.1, -0.05) is 30.3 Å². The molecule has 2 N–H and O–H groups in total. The topological polar surface area (TPSA) is 92.3 Å². The number of sulfone groups is 1. The number of carbonyl (C=O) groups excluding carboxylic acids is 2. The SMILES string of the molecule is O=C(CCCCc1ccccc1)NCC(=O)NC1CCS(=O)(=O)C1. The van der Waals surface area contributed by atoms with Crippen LogP contribution in [0.2, 0.25) is 0 Å². The molecule has 0 aromatic heterocycles. The molecule has 1 unspecified atom stereocenters. The highest BCUT2D eigenvalue weighted by Crippen LogP contribution is 2.10. The van der Waals surface area contributed by atoms with Crippen LogP contribution < -0.4 is 10.6 Å². The first kappa shape index (κ1) is 18.4. The second-order valence-corrected chi connectivity index (χ2v) is 8.37. The Kier molecular flexibility index (Phi) is 6.78. The molecule has 0 aliphatic carbocycles. The first-order valence-corrected chi connectivity index (χ1v) is 10.1. The van der Waals surface area contributed by atoms with Gasteiger partial charge in [-0.2, -0.15) is 0 Å². The monoisotopic (exact) mass is 352 g/mol. The summed E-state index contributed by atoms with van der Waals surface area (Å²) in [4.78, 5) is 23.4. The maximum absolute atomic E-state index is 11.7. The maximum atomic E-state index is 11.7. The van der Waals surface area contributed by atoms with Gasteiger partial charge in [-0.15, -0.1) is 0 Å². The minimum absolute atomic E-state index is 0.00777. The van der Waals surface area contributed by atoms with Gasteiger partial charge in [0.05, 0.1) is 18.1 Å². The smallest absolute Gasteiger partial charge is 0.239 e. The van der Waals surface area contributed by atoms with Crippen molar-refractivity contribution in [3.8, 4) is 0 Å². The van der Waals surface area contributed by atoms with Crippen molar-refractivity contribution in [2.45, 2.75) is 38.1 Å². The summed E-state index contributed by atoms with van der Waals surface area (Å²) in [5.41, 5.74) is 1.25. The molecule has 1 aliphatic heterocycles. The molecule has 1 aliphatic rings. The first-order chi connectivity index (χ1) is 11.4. The van der Waals surface area contributed by atoms with E-state index >= 15 is 0 Å². The maximum Gasteiger partial charge on any atom is 0.239 e. The van der Waals surface area contributed by atoms with Gasteiger partial charge in [-0.3, -0.25) is 9.59 Å². The van der Waals surface area contributed by atoms with E-state index in [1.807, 2.05) is 18.2 Å². The lowest BCUT2D eigenvalue weighted by Gasteiger charge is -2.11. The molecule has 0 spiro atoms. The molecular formula is C17H24N2O4S. The first-order valence-electron chi connectivity index (χ1n) is 8.25. The number of amides is 2. The predicted octanol–water partition coefficient (Wildman–Crippen LogP) is 0.819. The van der Waals surface area contributed by atoms with Gasteiger partial charge in [0.1, 0.15) is 0 Å². The van der Waals surface area contributed by atoms with E-state index in [0.29, 0.717) is 12.8 Å². The Bertz CT molecular complexity index is 658. The van der Waals surface area contributed by atoms with Crippen molar-refractivity contribution < 1.29 is 18.0 Å². The highest BCUT2D eigenvalue weighted by atomic mass is 32.2. The van der Waals surface area contributed by atoms with Crippen LogP contribution in [0.1, 0.15) is 31.2 Å². The van der Waals surface area contributed by atoms with E-state index in [0.717, 1.165) is 19.3 Å². The molecule has 1 saturated heterocycles. The van der Waals surface area contributed by atoms with Gasteiger partial charge in [-0.05, 0) is 31.2 Å². The van der Waals surface area contributed by atoms with Crippen LogP contribution in [0.5, 0.6) is 0 Å². The Hall–Kier alpha value is -1.89. The predicted molar refractivity (Wildman–Crippen MR) is 92.2 cm³/mol. The molecule has 1 fully saturated rings. The van der Waals surface area contributed by atoms with Crippen molar-refractivity contribution in [3.63, 3.8) is 0 Å². The molecule has 1 atom stereocenters. The molecule has 1 heterocycles. The van der Waals surface area contributed by atoms with Crippen LogP contribution in [0.3, 0.4) is 0 Å². The average Bonchev–Trinajstić information content (AvgIpc) is 2.89.